The summed E-state index contributed by atoms with van der Waals surface area (Å²) in [5, 5.41) is 6.37. The largest absolute Gasteiger partial charge is 0.376 e. The van der Waals surface area contributed by atoms with Crippen molar-refractivity contribution in [1.82, 2.24) is 5.32 Å². The predicted molar refractivity (Wildman–Crippen MR) is 72.5 cm³/mol. The topological polar surface area (TPSA) is 50.4 Å². The molecule has 1 aliphatic rings. The van der Waals surface area contributed by atoms with Gasteiger partial charge in [0.2, 0.25) is 0 Å². The number of amides is 2. The number of carbonyl (C=O) groups is 1. The van der Waals surface area contributed by atoms with Crippen molar-refractivity contribution in [2.75, 3.05) is 18.5 Å². The Balaban J connectivity index is 1.84. The molecule has 98 valence electrons. The number of rotatable bonds is 3. The van der Waals surface area contributed by atoms with E-state index in [1.54, 1.807) is 18.2 Å². The number of anilines is 1. The summed E-state index contributed by atoms with van der Waals surface area (Å²) in [6, 6.07) is 4.60. The minimum absolute atomic E-state index is 0.116. The lowest BCUT2D eigenvalue weighted by Gasteiger charge is -2.12. The summed E-state index contributed by atoms with van der Waals surface area (Å²) in [5.74, 6) is 0. The van der Waals surface area contributed by atoms with Crippen LogP contribution in [-0.4, -0.2) is 25.3 Å². The van der Waals surface area contributed by atoms with E-state index in [4.69, 9.17) is 27.9 Å². The first-order valence-electron chi connectivity index (χ1n) is 5.76. The molecule has 1 heterocycles. The Bertz CT molecular complexity index is 434. The fraction of sp³-hybridized carbons (Fsp3) is 0.417. The van der Waals surface area contributed by atoms with E-state index in [1.807, 2.05) is 0 Å². The van der Waals surface area contributed by atoms with Crippen LogP contribution in [0.4, 0.5) is 10.5 Å². The van der Waals surface area contributed by atoms with E-state index in [2.05, 4.69) is 10.6 Å². The van der Waals surface area contributed by atoms with Gasteiger partial charge in [-0.3, -0.25) is 0 Å². The van der Waals surface area contributed by atoms with Crippen LogP contribution >= 0.6 is 23.2 Å². The Morgan fingerprint density at radius 2 is 2.28 bits per heavy atom. The summed E-state index contributed by atoms with van der Waals surface area (Å²) in [4.78, 5) is 11.7. The monoisotopic (exact) mass is 288 g/mol. The summed E-state index contributed by atoms with van der Waals surface area (Å²) in [7, 11) is 0. The van der Waals surface area contributed by atoms with E-state index in [9.17, 15) is 4.79 Å². The van der Waals surface area contributed by atoms with Crippen LogP contribution in [0, 0.1) is 0 Å². The molecule has 0 saturated carbocycles. The van der Waals surface area contributed by atoms with Crippen LogP contribution in [-0.2, 0) is 4.74 Å². The lowest BCUT2D eigenvalue weighted by molar-refractivity contribution is 0.112. The summed E-state index contributed by atoms with van der Waals surface area (Å²) in [6.07, 6.45) is 2.15. The number of urea groups is 1. The molecule has 1 aromatic carbocycles. The van der Waals surface area contributed by atoms with Gasteiger partial charge in [-0.05, 0) is 31.0 Å². The van der Waals surface area contributed by atoms with Crippen molar-refractivity contribution in [3.63, 3.8) is 0 Å². The minimum Gasteiger partial charge on any atom is -0.376 e. The molecule has 0 spiro atoms. The van der Waals surface area contributed by atoms with Gasteiger partial charge in [0.1, 0.15) is 0 Å². The molecule has 0 aliphatic carbocycles. The summed E-state index contributed by atoms with van der Waals surface area (Å²) in [6.45, 7) is 1.28. The molecule has 0 aromatic heterocycles. The molecule has 1 atom stereocenters. The van der Waals surface area contributed by atoms with Crippen molar-refractivity contribution in [3.05, 3.63) is 28.2 Å². The Morgan fingerprint density at radius 3 is 3.00 bits per heavy atom. The first-order valence-corrected chi connectivity index (χ1v) is 6.52. The maximum Gasteiger partial charge on any atom is 0.319 e. The Labute approximate surface area is 116 Å². The smallest absolute Gasteiger partial charge is 0.319 e. The second-order valence-corrected chi connectivity index (χ2v) is 4.94. The lowest BCUT2D eigenvalue weighted by atomic mass is 10.2. The molecule has 18 heavy (non-hydrogen) atoms. The third kappa shape index (κ3) is 3.77. The van der Waals surface area contributed by atoms with Crippen molar-refractivity contribution in [1.29, 1.82) is 0 Å². The first-order chi connectivity index (χ1) is 8.65. The van der Waals surface area contributed by atoms with Crippen molar-refractivity contribution in [2.24, 2.45) is 0 Å². The van der Waals surface area contributed by atoms with Crippen molar-refractivity contribution in [3.8, 4) is 0 Å². The molecule has 1 aliphatic heterocycles. The van der Waals surface area contributed by atoms with Crippen LogP contribution in [0.25, 0.3) is 0 Å². The number of carbonyl (C=O) groups excluding carboxylic acids is 1. The first kappa shape index (κ1) is 13.5. The zero-order chi connectivity index (χ0) is 13.0. The maximum absolute atomic E-state index is 11.7. The Hall–Kier alpha value is -0.970. The van der Waals surface area contributed by atoms with Crippen LogP contribution < -0.4 is 10.6 Å². The molecule has 0 unspecified atom stereocenters. The Kier molecular flexibility index (Phi) is 4.69. The predicted octanol–water partition coefficient (Wildman–Crippen LogP) is 3.29. The van der Waals surface area contributed by atoms with E-state index in [0.29, 0.717) is 22.3 Å². The fourth-order valence-electron chi connectivity index (χ4n) is 1.77. The highest BCUT2D eigenvalue weighted by Gasteiger charge is 2.16. The van der Waals surface area contributed by atoms with Gasteiger partial charge < -0.3 is 15.4 Å². The van der Waals surface area contributed by atoms with Crippen LogP contribution in [0.1, 0.15) is 12.8 Å². The van der Waals surface area contributed by atoms with E-state index in [-0.39, 0.29) is 12.1 Å². The van der Waals surface area contributed by atoms with E-state index in [0.717, 1.165) is 19.4 Å². The zero-order valence-corrected chi connectivity index (χ0v) is 11.2. The van der Waals surface area contributed by atoms with Gasteiger partial charge in [0.05, 0.1) is 16.8 Å². The lowest BCUT2D eigenvalue weighted by Crippen LogP contribution is -2.35. The molecule has 6 heteroatoms. The molecule has 0 radical (unpaired) electrons. The number of ether oxygens (including phenoxy) is 1. The normalized spacial score (nSPS) is 18.7. The molecule has 2 rings (SSSR count). The standard InChI is InChI=1S/C12H14Cl2N2O2/c13-8-3-4-10(14)11(6-8)16-12(17)15-7-9-2-1-5-18-9/h3-4,6,9H,1-2,5,7H2,(H2,15,16,17)/t9-/m1/s1. The van der Waals surface area contributed by atoms with Crippen LogP contribution in [0.5, 0.6) is 0 Å². The number of hydrogen-bond donors (Lipinski definition) is 2. The molecule has 1 fully saturated rings. The molecule has 1 aromatic rings. The van der Waals surface area contributed by atoms with Gasteiger partial charge in [0.15, 0.2) is 0 Å². The molecule has 2 N–H and O–H groups in total. The number of hydrogen-bond acceptors (Lipinski definition) is 2. The van der Waals surface area contributed by atoms with Gasteiger partial charge in [-0.2, -0.15) is 0 Å². The van der Waals surface area contributed by atoms with Crippen molar-refractivity contribution >= 4 is 34.9 Å². The molecule has 0 bridgehead atoms. The molecular formula is C12H14Cl2N2O2. The quantitative estimate of drug-likeness (QED) is 0.897. The SMILES string of the molecule is O=C(NC[C@H]1CCCO1)Nc1cc(Cl)ccc1Cl. The summed E-state index contributed by atoms with van der Waals surface area (Å²) >= 11 is 11.8. The summed E-state index contributed by atoms with van der Waals surface area (Å²) in [5.41, 5.74) is 0.494. The Morgan fingerprint density at radius 1 is 1.44 bits per heavy atom. The third-order valence-electron chi connectivity index (χ3n) is 2.69. The zero-order valence-electron chi connectivity index (χ0n) is 9.71. The second kappa shape index (κ2) is 6.27. The highest BCUT2D eigenvalue weighted by atomic mass is 35.5. The average molecular weight is 289 g/mol. The molecule has 1 saturated heterocycles. The summed E-state index contributed by atoms with van der Waals surface area (Å²) < 4.78 is 5.41. The molecular weight excluding hydrogens is 275 g/mol. The van der Waals surface area contributed by atoms with Crippen LogP contribution in [0.3, 0.4) is 0 Å². The van der Waals surface area contributed by atoms with E-state index in [1.165, 1.54) is 0 Å². The highest BCUT2D eigenvalue weighted by Crippen LogP contribution is 2.25. The highest BCUT2D eigenvalue weighted by molar-refractivity contribution is 6.35. The maximum atomic E-state index is 11.7. The average Bonchev–Trinajstić information content (AvgIpc) is 2.84. The molecule has 2 amide bonds. The third-order valence-corrected chi connectivity index (χ3v) is 3.26. The minimum atomic E-state index is -0.310. The van der Waals surface area contributed by atoms with Gasteiger partial charge in [-0.25, -0.2) is 4.79 Å². The van der Waals surface area contributed by atoms with Crippen molar-refractivity contribution < 1.29 is 9.53 Å². The van der Waals surface area contributed by atoms with Gasteiger partial charge >= 0.3 is 6.03 Å². The second-order valence-electron chi connectivity index (χ2n) is 4.09. The number of halogens is 2. The van der Waals surface area contributed by atoms with Gasteiger partial charge in [-0.1, -0.05) is 23.2 Å². The van der Waals surface area contributed by atoms with Crippen LogP contribution in [0.15, 0.2) is 18.2 Å². The van der Waals surface area contributed by atoms with Gasteiger partial charge in [0, 0.05) is 18.2 Å². The van der Waals surface area contributed by atoms with Crippen molar-refractivity contribution in [2.45, 2.75) is 18.9 Å². The van der Waals surface area contributed by atoms with Gasteiger partial charge in [0.25, 0.3) is 0 Å². The van der Waals surface area contributed by atoms with Crippen LogP contribution in [0.2, 0.25) is 10.0 Å². The number of nitrogens with one attached hydrogen (secondary N) is 2. The number of benzene rings is 1. The van der Waals surface area contributed by atoms with E-state index >= 15 is 0 Å². The van der Waals surface area contributed by atoms with Gasteiger partial charge in [-0.15, -0.1) is 0 Å². The molecule has 4 nitrogen and oxygen atoms in total. The fourth-order valence-corrected chi connectivity index (χ4v) is 2.11. The van der Waals surface area contributed by atoms with E-state index < -0.39 is 0 Å².